The summed E-state index contributed by atoms with van der Waals surface area (Å²) in [5, 5.41) is 12.5. The Hall–Kier alpha value is -9.54. The van der Waals surface area contributed by atoms with Crippen LogP contribution in [-0.4, -0.2) is 4.57 Å². The lowest BCUT2D eigenvalue weighted by molar-refractivity contribution is 1.20. The van der Waals surface area contributed by atoms with E-state index in [2.05, 4.69) is 289 Å². The molecule has 0 saturated carbocycles. The van der Waals surface area contributed by atoms with E-state index in [-0.39, 0.29) is 0 Å². The fourth-order valence-corrected chi connectivity index (χ4v) is 13.1. The van der Waals surface area contributed by atoms with Crippen molar-refractivity contribution in [3.8, 4) is 50.2 Å². The molecule has 0 bridgehead atoms. The number of fused-ring (bicyclic) bond motifs is 9. The summed E-state index contributed by atoms with van der Waals surface area (Å²) >= 11 is 1.89. The van der Waals surface area contributed by atoms with E-state index in [9.17, 15) is 0 Å². The standard InChI is InChI=1S/C72H46N2S/c1-2-17-54-46-55(35-34-47(54)14-1)50-32-30-48(31-33-50)49-36-40-56(41-37-49)73(68-45-44-62(61-25-11-18-51-15-3-5-20-58(51)61)72-71(68)64-23-8-10-29-69(64)75-72)57-42-38-53(39-43-57)60-24-13-28-67-70(60)63-22-7-9-26-66(63)74(67)65-27-12-19-52-16-4-6-21-59(52)65/h1-46H. The van der Waals surface area contributed by atoms with E-state index in [0.717, 1.165) is 17.1 Å². The molecule has 75 heavy (non-hydrogen) atoms. The Morgan fingerprint density at radius 1 is 0.293 bits per heavy atom. The SMILES string of the molecule is c1ccc2cc(-c3ccc(-c4ccc(N(c5ccc(-c6cccc7c6c6ccccc6n7-c6cccc7ccccc67)cc5)c5ccc(-c6cccc7ccccc67)c6sc7ccccc7c56)cc4)cc3)ccc2c1. The summed E-state index contributed by atoms with van der Waals surface area (Å²) in [7, 11) is 0. The largest absolute Gasteiger partial charge is 0.310 e. The van der Waals surface area contributed by atoms with Crippen molar-refractivity contribution in [3.05, 3.63) is 279 Å². The third-order valence-electron chi connectivity index (χ3n) is 15.4. The maximum absolute atomic E-state index is 2.47. The second-order valence-electron chi connectivity index (χ2n) is 19.6. The number of rotatable bonds is 8. The van der Waals surface area contributed by atoms with Crippen LogP contribution in [0.25, 0.3) is 124 Å². The average Bonchev–Trinajstić information content (AvgIpc) is 4.06. The quantitative estimate of drug-likeness (QED) is 0.147. The van der Waals surface area contributed by atoms with E-state index in [1.54, 1.807) is 0 Å². The summed E-state index contributed by atoms with van der Waals surface area (Å²) in [6.07, 6.45) is 0. The van der Waals surface area contributed by atoms with E-state index in [4.69, 9.17) is 0 Å². The van der Waals surface area contributed by atoms with Crippen LogP contribution in [0, 0.1) is 0 Å². The Labute approximate surface area is 438 Å². The molecule has 0 fully saturated rings. The lowest BCUT2D eigenvalue weighted by Gasteiger charge is -2.27. The predicted octanol–water partition coefficient (Wildman–Crippen LogP) is 20.7. The summed E-state index contributed by atoms with van der Waals surface area (Å²) in [4.78, 5) is 2.47. The molecule has 0 amide bonds. The van der Waals surface area contributed by atoms with Crippen LogP contribution in [0.4, 0.5) is 17.1 Å². The summed E-state index contributed by atoms with van der Waals surface area (Å²) in [6.45, 7) is 0. The zero-order valence-electron chi connectivity index (χ0n) is 40.9. The molecule has 0 spiro atoms. The van der Waals surface area contributed by atoms with E-state index in [1.807, 2.05) is 11.3 Å². The van der Waals surface area contributed by atoms with Gasteiger partial charge >= 0.3 is 0 Å². The molecule has 2 nitrogen and oxygen atoms in total. The molecule has 13 aromatic carbocycles. The lowest BCUT2D eigenvalue weighted by atomic mass is 9.95. The van der Waals surface area contributed by atoms with Crippen LogP contribution < -0.4 is 4.90 Å². The normalized spacial score (nSPS) is 11.7. The van der Waals surface area contributed by atoms with Gasteiger partial charge in [-0.1, -0.05) is 218 Å². The number of anilines is 3. The third kappa shape index (κ3) is 7.16. The lowest BCUT2D eigenvalue weighted by Crippen LogP contribution is -2.10. The van der Waals surface area contributed by atoms with Gasteiger partial charge in [-0.3, -0.25) is 0 Å². The van der Waals surface area contributed by atoms with Crippen LogP contribution in [0.15, 0.2) is 279 Å². The first-order valence-electron chi connectivity index (χ1n) is 25.7. The molecule has 0 saturated heterocycles. The molecule has 0 aliphatic heterocycles. The highest BCUT2D eigenvalue weighted by Gasteiger charge is 2.23. The van der Waals surface area contributed by atoms with Crippen LogP contribution in [0.3, 0.4) is 0 Å². The summed E-state index contributed by atoms with van der Waals surface area (Å²) in [5.41, 5.74) is 16.6. The van der Waals surface area contributed by atoms with E-state index in [1.165, 1.54) is 124 Å². The minimum atomic E-state index is 1.09. The van der Waals surface area contributed by atoms with Crippen molar-refractivity contribution in [1.29, 1.82) is 0 Å². The maximum Gasteiger partial charge on any atom is 0.0555 e. The van der Waals surface area contributed by atoms with Crippen molar-refractivity contribution in [2.24, 2.45) is 0 Å². The molecule has 15 aromatic rings. The van der Waals surface area contributed by atoms with Gasteiger partial charge in [-0.15, -0.1) is 11.3 Å². The molecular weight excluding hydrogens is 925 g/mol. The molecule has 350 valence electrons. The molecule has 0 unspecified atom stereocenters. The van der Waals surface area contributed by atoms with Gasteiger partial charge in [0.1, 0.15) is 0 Å². The van der Waals surface area contributed by atoms with E-state index in [0.29, 0.717) is 0 Å². The number of aromatic nitrogens is 1. The Bertz CT molecular complexity index is 4680. The topological polar surface area (TPSA) is 8.17 Å². The van der Waals surface area contributed by atoms with Crippen molar-refractivity contribution in [2.45, 2.75) is 0 Å². The van der Waals surface area contributed by atoms with Gasteiger partial charge in [-0.2, -0.15) is 0 Å². The van der Waals surface area contributed by atoms with Crippen molar-refractivity contribution in [2.75, 3.05) is 4.90 Å². The minimum Gasteiger partial charge on any atom is -0.310 e. The molecule has 15 rings (SSSR count). The Kier molecular flexibility index (Phi) is 10.1. The van der Waals surface area contributed by atoms with Crippen molar-refractivity contribution in [1.82, 2.24) is 4.57 Å². The molecule has 0 aliphatic carbocycles. The van der Waals surface area contributed by atoms with Crippen LogP contribution in [-0.2, 0) is 0 Å². The smallest absolute Gasteiger partial charge is 0.0555 e. The van der Waals surface area contributed by atoms with E-state index >= 15 is 0 Å². The van der Waals surface area contributed by atoms with Crippen LogP contribution in [0.5, 0.6) is 0 Å². The molecule has 0 radical (unpaired) electrons. The van der Waals surface area contributed by atoms with Gasteiger partial charge < -0.3 is 9.47 Å². The highest BCUT2D eigenvalue weighted by Crippen LogP contribution is 2.50. The highest BCUT2D eigenvalue weighted by molar-refractivity contribution is 7.26. The highest BCUT2D eigenvalue weighted by atomic mass is 32.1. The van der Waals surface area contributed by atoms with Gasteiger partial charge in [0.2, 0.25) is 0 Å². The molecule has 0 N–H and O–H groups in total. The summed E-state index contributed by atoms with van der Waals surface area (Å²) in [5.74, 6) is 0. The van der Waals surface area contributed by atoms with Crippen molar-refractivity contribution >= 4 is 103 Å². The number of hydrogen-bond acceptors (Lipinski definition) is 2. The fourth-order valence-electron chi connectivity index (χ4n) is 11.8. The second kappa shape index (κ2) is 17.6. The molecule has 2 heterocycles. The molecule has 2 aromatic heterocycles. The minimum absolute atomic E-state index is 1.09. The number of para-hydroxylation sites is 1. The van der Waals surface area contributed by atoms with Crippen molar-refractivity contribution in [3.63, 3.8) is 0 Å². The first kappa shape index (κ1) is 43.1. The zero-order valence-corrected chi connectivity index (χ0v) is 41.7. The second-order valence-corrected chi connectivity index (χ2v) is 20.6. The number of thiophene rings is 1. The summed E-state index contributed by atoms with van der Waals surface area (Å²) in [6, 6.07) is 103. The van der Waals surface area contributed by atoms with Gasteiger partial charge in [0.05, 0.1) is 22.4 Å². The van der Waals surface area contributed by atoms with Gasteiger partial charge in [0.15, 0.2) is 0 Å². The summed E-state index contributed by atoms with van der Waals surface area (Å²) < 4.78 is 5.01. The van der Waals surface area contributed by atoms with Gasteiger partial charge in [0.25, 0.3) is 0 Å². The monoisotopic (exact) mass is 970 g/mol. The first-order chi connectivity index (χ1) is 37.2. The number of nitrogens with zero attached hydrogens (tertiary/aromatic N) is 2. The van der Waals surface area contributed by atoms with Gasteiger partial charge in [-0.05, 0) is 127 Å². The van der Waals surface area contributed by atoms with Crippen LogP contribution in [0.2, 0.25) is 0 Å². The molecular formula is C72H46N2S. The molecule has 0 atom stereocenters. The molecule has 3 heteroatoms. The van der Waals surface area contributed by atoms with Gasteiger partial charge in [-0.25, -0.2) is 0 Å². The fraction of sp³-hybridized carbons (Fsp3) is 0. The Morgan fingerprint density at radius 3 is 1.57 bits per heavy atom. The predicted molar refractivity (Wildman–Crippen MR) is 323 cm³/mol. The van der Waals surface area contributed by atoms with Gasteiger partial charge in [0, 0.05) is 53.3 Å². The number of benzene rings is 13. The third-order valence-corrected chi connectivity index (χ3v) is 16.6. The Morgan fingerprint density at radius 2 is 0.813 bits per heavy atom. The van der Waals surface area contributed by atoms with Crippen LogP contribution in [0.1, 0.15) is 0 Å². The first-order valence-corrected chi connectivity index (χ1v) is 26.5. The Balaban J connectivity index is 0.880. The average molecular weight is 971 g/mol. The molecule has 0 aliphatic rings. The zero-order chi connectivity index (χ0) is 49.4. The van der Waals surface area contributed by atoms with Crippen LogP contribution >= 0.6 is 11.3 Å². The number of hydrogen-bond donors (Lipinski definition) is 0. The van der Waals surface area contributed by atoms with E-state index < -0.39 is 0 Å². The van der Waals surface area contributed by atoms with Crippen molar-refractivity contribution < 1.29 is 0 Å². The maximum atomic E-state index is 2.47.